The Morgan fingerprint density at radius 1 is 1.06 bits per heavy atom. The molecule has 2 N–H and O–H groups in total. The Morgan fingerprint density at radius 2 is 1.70 bits per heavy atom. The summed E-state index contributed by atoms with van der Waals surface area (Å²) in [4.78, 5) is 31.5. The molecule has 0 aliphatic carbocycles. The molecule has 33 heavy (non-hydrogen) atoms. The highest BCUT2D eigenvalue weighted by atomic mass is 35.5. The number of halogens is 2. The average molecular weight is 494 g/mol. The molecule has 0 unspecified atom stereocenters. The van der Waals surface area contributed by atoms with Crippen LogP contribution in [0.3, 0.4) is 0 Å². The Bertz CT molecular complexity index is 1320. The molecule has 0 amide bonds. The summed E-state index contributed by atoms with van der Waals surface area (Å²) >= 11 is 12.1. The lowest BCUT2D eigenvalue weighted by Crippen LogP contribution is -2.33. The summed E-state index contributed by atoms with van der Waals surface area (Å²) in [6.07, 6.45) is 0. The Morgan fingerprint density at radius 3 is 2.24 bits per heavy atom. The van der Waals surface area contributed by atoms with Crippen LogP contribution in [0.2, 0.25) is 10.0 Å². The monoisotopic (exact) mass is 493 g/mol. The van der Waals surface area contributed by atoms with Crippen molar-refractivity contribution < 1.29 is 19.3 Å². The van der Waals surface area contributed by atoms with Crippen LogP contribution in [-0.4, -0.2) is 41.7 Å². The molecular formula is C22H21Cl2N3O6. The molecule has 3 aromatic rings. The van der Waals surface area contributed by atoms with Crippen LogP contribution in [0.1, 0.15) is 18.1 Å². The van der Waals surface area contributed by atoms with Gasteiger partial charge in [-0.3, -0.25) is 14.8 Å². The van der Waals surface area contributed by atoms with Crippen molar-refractivity contribution in [2.45, 2.75) is 13.5 Å². The molecular weight excluding hydrogens is 473 g/mol. The predicted molar refractivity (Wildman–Crippen MR) is 126 cm³/mol. The minimum absolute atomic E-state index is 0.116. The molecule has 1 heterocycles. The van der Waals surface area contributed by atoms with Crippen LogP contribution in [0.25, 0.3) is 5.69 Å². The fraction of sp³-hybridized carbons (Fsp3) is 0.227. The molecule has 0 aliphatic rings. The Hall–Kier alpha value is -3.43. The van der Waals surface area contributed by atoms with Gasteiger partial charge in [0.05, 0.1) is 44.3 Å². The van der Waals surface area contributed by atoms with Crippen molar-refractivity contribution in [1.82, 2.24) is 9.55 Å². The summed E-state index contributed by atoms with van der Waals surface area (Å²) in [5, 5.41) is 11.3. The molecule has 0 spiro atoms. The van der Waals surface area contributed by atoms with Crippen molar-refractivity contribution in [2.24, 2.45) is 4.99 Å². The third-order valence-electron chi connectivity index (χ3n) is 4.82. The SMILES string of the molecule is COc1cc(CN=C(C)c2c(O)n(-c3ccc(Cl)cc3Cl)c(=O)[nH]c2=O)cc(OC)c1OC. The summed E-state index contributed by atoms with van der Waals surface area (Å²) in [5.41, 5.74) is -0.769. The van der Waals surface area contributed by atoms with Crippen molar-refractivity contribution in [3.63, 3.8) is 0 Å². The molecule has 0 fully saturated rings. The maximum absolute atomic E-state index is 12.5. The maximum atomic E-state index is 12.5. The van der Waals surface area contributed by atoms with E-state index >= 15 is 0 Å². The second-order valence-corrected chi connectivity index (χ2v) is 7.67. The number of ether oxygens (including phenoxy) is 3. The zero-order valence-electron chi connectivity index (χ0n) is 18.2. The second-order valence-electron chi connectivity index (χ2n) is 6.82. The van der Waals surface area contributed by atoms with Crippen LogP contribution in [0.15, 0.2) is 44.9 Å². The summed E-state index contributed by atoms with van der Waals surface area (Å²) in [6.45, 7) is 1.67. The number of aliphatic imine (C=N–C) groups is 1. The highest BCUT2D eigenvalue weighted by Crippen LogP contribution is 2.38. The summed E-state index contributed by atoms with van der Waals surface area (Å²) < 4.78 is 16.9. The number of rotatable bonds is 7. The first kappa shape index (κ1) is 24.2. The van der Waals surface area contributed by atoms with Crippen molar-refractivity contribution in [2.75, 3.05) is 21.3 Å². The first-order chi connectivity index (χ1) is 15.7. The van der Waals surface area contributed by atoms with E-state index in [0.717, 1.165) is 4.57 Å². The minimum Gasteiger partial charge on any atom is -0.493 e. The third kappa shape index (κ3) is 4.84. The average Bonchev–Trinajstić information content (AvgIpc) is 2.77. The molecule has 2 aromatic carbocycles. The molecule has 3 rings (SSSR count). The van der Waals surface area contributed by atoms with Crippen LogP contribution >= 0.6 is 23.2 Å². The van der Waals surface area contributed by atoms with E-state index in [2.05, 4.69) is 9.98 Å². The van der Waals surface area contributed by atoms with Crippen molar-refractivity contribution in [3.8, 4) is 28.8 Å². The molecule has 0 saturated heterocycles. The number of hydrogen-bond acceptors (Lipinski definition) is 7. The normalized spacial score (nSPS) is 11.4. The second kappa shape index (κ2) is 10.0. The lowest BCUT2D eigenvalue weighted by atomic mass is 10.1. The molecule has 0 saturated carbocycles. The molecule has 0 radical (unpaired) electrons. The molecule has 174 valence electrons. The minimum atomic E-state index is -0.858. The summed E-state index contributed by atoms with van der Waals surface area (Å²) in [5.74, 6) is 0.738. The van der Waals surface area contributed by atoms with Gasteiger partial charge < -0.3 is 19.3 Å². The van der Waals surface area contributed by atoms with Gasteiger partial charge in [0.15, 0.2) is 11.5 Å². The van der Waals surface area contributed by atoms with Crippen LogP contribution in [-0.2, 0) is 6.54 Å². The predicted octanol–water partition coefficient (Wildman–Crippen LogP) is 3.57. The van der Waals surface area contributed by atoms with E-state index in [0.29, 0.717) is 27.8 Å². The number of H-pyrrole nitrogens is 1. The first-order valence-electron chi connectivity index (χ1n) is 9.55. The topological polar surface area (TPSA) is 115 Å². The van der Waals surface area contributed by atoms with E-state index in [1.165, 1.54) is 39.5 Å². The van der Waals surface area contributed by atoms with E-state index < -0.39 is 17.1 Å². The van der Waals surface area contributed by atoms with Gasteiger partial charge in [-0.25, -0.2) is 9.36 Å². The van der Waals surface area contributed by atoms with Crippen LogP contribution in [0.5, 0.6) is 23.1 Å². The van der Waals surface area contributed by atoms with Crippen LogP contribution in [0, 0.1) is 0 Å². The van der Waals surface area contributed by atoms with Gasteiger partial charge in [-0.2, -0.15) is 0 Å². The van der Waals surface area contributed by atoms with Crippen molar-refractivity contribution in [1.29, 1.82) is 0 Å². The number of aromatic hydroxyl groups is 1. The zero-order valence-corrected chi connectivity index (χ0v) is 19.7. The van der Waals surface area contributed by atoms with E-state index in [1.54, 1.807) is 19.1 Å². The van der Waals surface area contributed by atoms with E-state index in [9.17, 15) is 14.7 Å². The van der Waals surface area contributed by atoms with Gasteiger partial charge >= 0.3 is 5.69 Å². The molecule has 0 atom stereocenters. The van der Waals surface area contributed by atoms with E-state index in [4.69, 9.17) is 37.4 Å². The molecule has 0 bridgehead atoms. The van der Waals surface area contributed by atoms with Crippen molar-refractivity contribution in [3.05, 3.63) is 72.3 Å². The molecule has 11 heteroatoms. The summed E-state index contributed by atoms with van der Waals surface area (Å²) in [7, 11) is 4.50. The third-order valence-corrected chi connectivity index (χ3v) is 5.36. The lowest BCUT2D eigenvalue weighted by Gasteiger charge is -2.14. The fourth-order valence-corrected chi connectivity index (χ4v) is 3.75. The van der Waals surface area contributed by atoms with Gasteiger partial charge in [0.25, 0.3) is 5.56 Å². The summed E-state index contributed by atoms with van der Waals surface area (Å²) in [6, 6.07) is 7.81. The highest BCUT2D eigenvalue weighted by molar-refractivity contribution is 6.35. The lowest BCUT2D eigenvalue weighted by molar-refractivity contribution is 0.324. The Kier molecular flexibility index (Phi) is 7.35. The quantitative estimate of drug-likeness (QED) is 0.486. The van der Waals surface area contributed by atoms with E-state index in [1.807, 2.05) is 0 Å². The van der Waals surface area contributed by atoms with Gasteiger partial charge in [-0.1, -0.05) is 23.2 Å². The number of nitrogens with zero attached hydrogens (tertiary/aromatic N) is 2. The largest absolute Gasteiger partial charge is 0.493 e. The Labute approximate surface area is 198 Å². The first-order valence-corrected chi connectivity index (χ1v) is 10.3. The van der Waals surface area contributed by atoms with Gasteiger partial charge in [-0.15, -0.1) is 0 Å². The van der Waals surface area contributed by atoms with Gasteiger partial charge in [0.1, 0.15) is 5.56 Å². The zero-order chi connectivity index (χ0) is 24.3. The van der Waals surface area contributed by atoms with Gasteiger partial charge in [0.2, 0.25) is 11.6 Å². The van der Waals surface area contributed by atoms with E-state index in [-0.39, 0.29) is 28.5 Å². The number of benzene rings is 2. The standard InChI is InChI=1S/C22H21Cl2N3O6/c1-11(25-10-12-7-16(31-2)19(33-4)17(8-12)32-3)18-20(28)26-22(30)27(21(18)29)15-6-5-13(23)9-14(15)24/h5-9,29H,10H2,1-4H3,(H,26,28,30). The van der Waals surface area contributed by atoms with Gasteiger partial charge in [0, 0.05) is 5.02 Å². The molecule has 0 aliphatic heterocycles. The number of hydrogen-bond donors (Lipinski definition) is 2. The maximum Gasteiger partial charge on any atom is 0.335 e. The number of nitrogens with one attached hydrogen (secondary N) is 1. The number of aromatic nitrogens is 2. The smallest absolute Gasteiger partial charge is 0.335 e. The van der Waals surface area contributed by atoms with Crippen molar-refractivity contribution >= 4 is 28.9 Å². The Balaban J connectivity index is 2.07. The highest BCUT2D eigenvalue weighted by Gasteiger charge is 2.20. The van der Waals surface area contributed by atoms with Crippen LogP contribution < -0.4 is 25.5 Å². The molecule has 1 aromatic heterocycles. The fourth-order valence-electron chi connectivity index (χ4n) is 3.25. The number of methoxy groups -OCH3 is 3. The molecule has 9 nitrogen and oxygen atoms in total. The number of aromatic amines is 1. The van der Waals surface area contributed by atoms with Crippen LogP contribution in [0.4, 0.5) is 0 Å². The van der Waals surface area contributed by atoms with Gasteiger partial charge in [-0.05, 0) is 42.8 Å².